The fourth-order valence-electron chi connectivity index (χ4n) is 3.80. The van der Waals surface area contributed by atoms with E-state index in [-0.39, 0.29) is 12.1 Å². The first-order valence-corrected chi connectivity index (χ1v) is 9.63. The monoisotopic (exact) mass is 375 g/mol. The third-order valence-corrected chi connectivity index (χ3v) is 5.26. The third kappa shape index (κ3) is 3.74. The molecule has 0 bridgehead atoms. The zero-order valence-corrected chi connectivity index (χ0v) is 16.0. The van der Waals surface area contributed by atoms with E-state index in [0.717, 1.165) is 30.0 Å². The summed E-state index contributed by atoms with van der Waals surface area (Å²) in [6.07, 6.45) is 2.90. The normalized spacial score (nSPS) is 15.8. The van der Waals surface area contributed by atoms with Crippen molar-refractivity contribution in [1.29, 1.82) is 0 Å². The Hall–Kier alpha value is -3.21. The summed E-state index contributed by atoms with van der Waals surface area (Å²) in [6.45, 7) is 2.10. The molecule has 0 fully saturated rings. The van der Waals surface area contributed by atoms with E-state index in [0.29, 0.717) is 13.1 Å². The van der Waals surface area contributed by atoms with Crippen molar-refractivity contribution < 1.29 is 9.53 Å². The number of carbonyl (C=O) groups excluding carboxylic acids is 1. The molecule has 2 heterocycles. The molecule has 0 saturated carbocycles. The number of ether oxygens (including phenoxy) is 1. The highest BCUT2D eigenvalue weighted by Gasteiger charge is 2.32. The minimum Gasteiger partial charge on any atom is -0.497 e. The first-order chi connectivity index (χ1) is 13.8. The van der Waals surface area contributed by atoms with Gasteiger partial charge >= 0.3 is 6.03 Å². The SMILES string of the molecule is COc1ccc(C2c3cccn3CCN2C(=O)NCCc2ccccc2)cc1. The summed E-state index contributed by atoms with van der Waals surface area (Å²) in [6, 6.07) is 22.2. The van der Waals surface area contributed by atoms with Gasteiger partial charge < -0.3 is 19.5 Å². The van der Waals surface area contributed by atoms with E-state index >= 15 is 0 Å². The number of nitrogens with zero attached hydrogens (tertiary/aromatic N) is 2. The molecule has 4 rings (SSSR count). The number of rotatable bonds is 5. The molecule has 1 N–H and O–H groups in total. The number of carbonyl (C=O) groups is 1. The summed E-state index contributed by atoms with van der Waals surface area (Å²) >= 11 is 0. The van der Waals surface area contributed by atoms with Crippen LogP contribution in [0.5, 0.6) is 5.75 Å². The molecule has 2 aromatic carbocycles. The maximum Gasteiger partial charge on any atom is 0.318 e. The second-order valence-corrected chi connectivity index (χ2v) is 6.96. The van der Waals surface area contributed by atoms with Crippen molar-refractivity contribution in [3.8, 4) is 5.75 Å². The second kappa shape index (κ2) is 8.21. The quantitative estimate of drug-likeness (QED) is 0.736. The molecule has 5 heteroatoms. The Bertz CT molecular complexity index is 919. The summed E-state index contributed by atoms with van der Waals surface area (Å²) in [5.74, 6) is 0.814. The predicted molar refractivity (Wildman–Crippen MR) is 110 cm³/mol. The highest BCUT2D eigenvalue weighted by atomic mass is 16.5. The highest BCUT2D eigenvalue weighted by Crippen LogP contribution is 2.33. The van der Waals surface area contributed by atoms with Crippen molar-refractivity contribution in [2.75, 3.05) is 20.2 Å². The van der Waals surface area contributed by atoms with Gasteiger partial charge in [0, 0.05) is 31.5 Å². The number of hydrogen-bond donors (Lipinski definition) is 1. The number of amides is 2. The van der Waals surface area contributed by atoms with Gasteiger partial charge in [-0.15, -0.1) is 0 Å². The van der Waals surface area contributed by atoms with Crippen molar-refractivity contribution in [2.24, 2.45) is 0 Å². The van der Waals surface area contributed by atoms with Crippen molar-refractivity contribution >= 4 is 6.03 Å². The van der Waals surface area contributed by atoms with Gasteiger partial charge in [0.1, 0.15) is 5.75 Å². The Morgan fingerprint density at radius 3 is 2.57 bits per heavy atom. The Labute approximate surface area is 165 Å². The number of urea groups is 1. The maximum absolute atomic E-state index is 13.0. The van der Waals surface area contributed by atoms with Crippen molar-refractivity contribution in [3.63, 3.8) is 0 Å². The molecule has 1 aromatic heterocycles. The Morgan fingerprint density at radius 1 is 1.04 bits per heavy atom. The fraction of sp³-hybridized carbons (Fsp3) is 0.261. The van der Waals surface area contributed by atoms with Gasteiger partial charge in [0.2, 0.25) is 0 Å². The van der Waals surface area contributed by atoms with Gasteiger partial charge in [-0.05, 0) is 41.8 Å². The molecule has 1 aliphatic heterocycles. The number of hydrogen-bond acceptors (Lipinski definition) is 2. The van der Waals surface area contributed by atoms with Crippen LogP contribution in [0.2, 0.25) is 0 Å². The number of aromatic nitrogens is 1. The van der Waals surface area contributed by atoms with Crippen LogP contribution in [0.3, 0.4) is 0 Å². The van der Waals surface area contributed by atoms with Crippen molar-refractivity contribution in [2.45, 2.75) is 19.0 Å². The summed E-state index contributed by atoms with van der Waals surface area (Å²) in [5, 5.41) is 3.10. The highest BCUT2D eigenvalue weighted by molar-refractivity contribution is 5.75. The number of benzene rings is 2. The van der Waals surface area contributed by atoms with Crippen LogP contribution in [-0.2, 0) is 13.0 Å². The van der Waals surface area contributed by atoms with E-state index in [4.69, 9.17) is 4.74 Å². The van der Waals surface area contributed by atoms with E-state index in [1.54, 1.807) is 7.11 Å². The van der Waals surface area contributed by atoms with Gasteiger partial charge in [0.05, 0.1) is 13.2 Å². The van der Waals surface area contributed by atoms with E-state index in [1.807, 2.05) is 53.4 Å². The minimum atomic E-state index is -0.105. The Balaban J connectivity index is 1.51. The first kappa shape index (κ1) is 18.2. The fourth-order valence-corrected chi connectivity index (χ4v) is 3.80. The van der Waals surface area contributed by atoms with Gasteiger partial charge in [-0.2, -0.15) is 0 Å². The predicted octanol–water partition coefficient (Wildman–Crippen LogP) is 3.85. The van der Waals surface area contributed by atoms with Gasteiger partial charge in [-0.1, -0.05) is 42.5 Å². The molecule has 1 aliphatic rings. The van der Waals surface area contributed by atoms with Gasteiger partial charge in [-0.3, -0.25) is 0 Å². The summed E-state index contributed by atoms with van der Waals surface area (Å²) < 4.78 is 7.51. The van der Waals surface area contributed by atoms with Crippen LogP contribution in [0.25, 0.3) is 0 Å². The summed E-state index contributed by atoms with van der Waals surface area (Å²) in [5.41, 5.74) is 3.44. The smallest absolute Gasteiger partial charge is 0.318 e. The summed E-state index contributed by atoms with van der Waals surface area (Å²) in [4.78, 5) is 14.9. The number of methoxy groups -OCH3 is 1. The lowest BCUT2D eigenvalue weighted by Crippen LogP contribution is -2.47. The molecule has 0 saturated heterocycles. The molecule has 1 unspecified atom stereocenters. The van der Waals surface area contributed by atoms with Crippen LogP contribution in [0.15, 0.2) is 72.9 Å². The molecule has 2 amide bonds. The average Bonchev–Trinajstić information content (AvgIpc) is 3.23. The van der Waals surface area contributed by atoms with E-state index in [9.17, 15) is 4.79 Å². The third-order valence-electron chi connectivity index (χ3n) is 5.26. The van der Waals surface area contributed by atoms with Gasteiger partial charge in [0.25, 0.3) is 0 Å². The molecule has 144 valence electrons. The Morgan fingerprint density at radius 2 is 1.82 bits per heavy atom. The maximum atomic E-state index is 13.0. The molecule has 3 aromatic rings. The van der Waals surface area contributed by atoms with E-state index in [1.165, 1.54) is 5.56 Å². The average molecular weight is 375 g/mol. The van der Waals surface area contributed by atoms with E-state index < -0.39 is 0 Å². The van der Waals surface area contributed by atoms with Crippen LogP contribution in [0.1, 0.15) is 22.9 Å². The lowest BCUT2D eigenvalue weighted by atomic mass is 10.00. The van der Waals surface area contributed by atoms with Gasteiger partial charge in [-0.25, -0.2) is 4.79 Å². The standard InChI is InChI=1S/C23H25N3O2/c1-28-20-11-9-19(10-12-20)22-21-8-5-15-25(21)16-17-26(22)23(27)24-14-13-18-6-3-2-4-7-18/h2-12,15,22H,13-14,16-17H2,1H3,(H,24,27). The lowest BCUT2D eigenvalue weighted by Gasteiger charge is -2.37. The topological polar surface area (TPSA) is 46.5 Å². The minimum absolute atomic E-state index is 0.0239. The van der Waals surface area contributed by atoms with Crippen LogP contribution in [0, 0.1) is 0 Å². The molecule has 5 nitrogen and oxygen atoms in total. The van der Waals surface area contributed by atoms with Crippen LogP contribution < -0.4 is 10.1 Å². The zero-order valence-electron chi connectivity index (χ0n) is 16.0. The lowest BCUT2D eigenvalue weighted by molar-refractivity contribution is 0.169. The number of nitrogens with one attached hydrogen (secondary N) is 1. The second-order valence-electron chi connectivity index (χ2n) is 6.96. The Kier molecular flexibility index (Phi) is 5.33. The molecule has 0 aliphatic carbocycles. The largest absolute Gasteiger partial charge is 0.497 e. The molecule has 0 radical (unpaired) electrons. The van der Waals surface area contributed by atoms with Gasteiger partial charge in [0.15, 0.2) is 0 Å². The molecule has 28 heavy (non-hydrogen) atoms. The molecule has 0 spiro atoms. The van der Waals surface area contributed by atoms with Crippen LogP contribution in [-0.4, -0.2) is 35.7 Å². The zero-order chi connectivity index (χ0) is 19.3. The molecular formula is C23H25N3O2. The van der Waals surface area contributed by atoms with Crippen molar-refractivity contribution in [3.05, 3.63) is 89.7 Å². The first-order valence-electron chi connectivity index (χ1n) is 9.63. The molecular weight excluding hydrogens is 350 g/mol. The molecule has 1 atom stereocenters. The number of fused-ring (bicyclic) bond motifs is 1. The van der Waals surface area contributed by atoms with Crippen molar-refractivity contribution in [1.82, 2.24) is 14.8 Å². The van der Waals surface area contributed by atoms with Crippen LogP contribution >= 0.6 is 0 Å². The van der Waals surface area contributed by atoms with Crippen LogP contribution in [0.4, 0.5) is 4.79 Å². The van der Waals surface area contributed by atoms with E-state index in [2.05, 4.69) is 34.3 Å². The summed E-state index contributed by atoms with van der Waals surface area (Å²) in [7, 11) is 1.66.